The van der Waals surface area contributed by atoms with Gasteiger partial charge in [-0.15, -0.1) is 0 Å². The van der Waals surface area contributed by atoms with E-state index in [1.807, 2.05) is 0 Å². The summed E-state index contributed by atoms with van der Waals surface area (Å²) < 4.78 is 18.3. The third kappa shape index (κ3) is 5.56. The van der Waals surface area contributed by atoms with Crippen molar-refractivity contribution >= 4 is 143 Å². The van der Waals surface area contributed by atoms with Crippen LogP contribution in [0, 0.1) is 0 Å². The van der Waals surface area contributed by atoms with Crippen molar-refractivity contribution in [3.63, 3.8) is 0 Å². The van der Waals surface area contributed by atoms with Crippen LogP contribution in [0.3, 0.4) is 0 Å². The number of furan rings is 2. The van der Waals surface area contributed by atoms with Gasteiger partial charge in [0.05, 0.1) is 0 Å². The molecule has 0 fully saturated rings. The molecular weight excluding hydrogens is 857 g/mol. The molecule has 4 aromatic heterocycles. The molecule has 0 N–H and O–H groups in total. The van der Waals surface area contributed by atoms with Gasteiger partial charge >= 0.3 is 0 Å². The average molecular weight is 899 g/mol. The molecule has 0 saturated carbocycles. The lowest BCUT2D eigenvalue weighted by atomic mass is 10.00. The van der Waals surface area contributed by atoms with Crippen LogP contribution in [0.1, 0.15) is 0 Å². The van der Waals surface area contributed by atoms with E-state index < -0.39 is 0 Å². The first-order chi connectivity index (χ1) is 34.5. The Bertz CT molecular complexity index is 4340. The molecule has 0 atom stereocenters. The second-order valence-corrected chi connectivity index (χ2v) is 18.6. The van der Waals surface area contributed by atoms with Crippen LogP contribution in [0.5, 0.6) is 0 Å². The average Bonchev–Trinajstić information content (AvgIpc) is 4.15. The molecule has 6 heteroatoms. The fraction of sp³-hybridized carbons (Fsp3) is 0.0312. The minimum atomic E-state index is 0.841. The zero-order valence-electron chi connectivity index (χ0n) is 38.4. The van der Waals surface area contributed by atoms with Gasteiger partial charge in [-0.2, -0.15) is 0 Å². The third-order valence-electron chi connectivity index (χ3n) is 14.9. The minimum absolute atomic E-state index is 0.841. The van der Waals surface area contributed by atoms with E-state index in [4.69, 9.17) is 8.83 Å². The molecule has 15 rings (SSSR count). The minimum Gasteiger partial charge on any atom is -0.455 e. The molecule has 4 heterocycles. The summed E-state index contributed by atoms with van der Waals surface area (Å²) in [4.78, 5) is 4.70. The van der Waals surface area contributed by atoms with Gasteiger partial charge in [0.15, 0.2) is 0 Å². The van der Waals surface area contributed by atoms with Crippen LogP contribution in [-0.2, 0) is 14.1 Å². The Balaban J connectivity index is 0.850. The first-order valence-electron chi connectivity index (χ1n) is 23.9. The van der Waals surface area contributed by atoms with Gasteiger partial charge in [0.25, 0.3) is 0 Å². The summed E-state index contributed by atoms with van der Waals surface area (Å²) in [6.45, 7) is 0. The van der Waals surface area contributed by atoms with Crippen molar-refractivity contribution in [3.05, 3.63) is 218 Å². The Hall–Kier alpha value is -9.26. The smallest absolute Gasteiger partial charge is 0.143 e. The van der Waals surface area contributed by atoms with Crippen molar-refractivity contribution in [2.45, 2.75) is 0 Å². The number of aryl methyl sites for hydroxylation is 2. The van der Waals surface area contributed by atoms with Crippen molar-refractivity contribution in [1.29, 1.82) is 0 Å². The molecule has 0 amide bonds. The Morgan fingerprint density at radius 3 is 1.11 bits per heavy atom. The van der Waals surface area contributed by atoms with Gasteiger partial charge < -0.3 is 27.8 Å². The van der Waals surface area contributed by atoms with Crippen molar-refractivity contribution in [3.8, 4) is 0 Å². The van der Waals surface area contributed by atoms with E-state index in [1.165, 1.54) is 43.6 Å². The normalized spacial score (nSPS) is 12.1. The number of para-hydroxylation sites is 4. The standard InChI is InChI=1S/C64H42N4O2/c1-65-55-19-11-9-17-49(55)53-37-45(25-31-57(53)65)67(41-13-5-3-6-14-41)43-23-29-47-39(35-43)21-27-51-61-59(69-63(47)51)33-34-60-62(61)52-28-22-40-36-44(24-30-48(40)64(52)70-60)68(42-15-7-4-8-16-42)46-26-32-58-54(38-46)50-18-10-12-20-56(50)66(58)2/h3-38H,1-2H3. The lowest BCUT2D eigenvalue weighted by Crippen LogP contribution is -2.09. The van der Waals surface area contributed by atoms with Gasteiger partial charge in [0, 0.05) is 124 Å². The van der Waals surface area contributed by atoms with E-state index in [0.717, 1.165) is 99.5 Å². The summed E-state index contributed by atoms with van der Waals surface area (Å²) >= 11 is 0. The van der Waals surface area contributed by atoms with Crippen molar-refractivity contribution < 1.29 is 8.83 Å². The van der Waals surface area contributed by atoms with Crippen LogP contribution in [0.2, 0.25) is 0 Å². The predicted molar refractivity (Wildman–Crippen MR) is 293 cm³/mol. The molecule has 6 nitrogen and oxygen atoms in total. The topological polar surface area (TPSA) is 42.6 Å². The van der Waals surface area contributed by atoms with Crippen LogP contribution in [0.25, 0.3) is 109 Å². The Morgan fingerprint density at radius 2 is 0.657 bits per heavy atom. The lowest BCUT2D eigenvalue weighted by molar-refractivity contribution is 0.666. The molecule has 0 unspecified atom stereocenters. The molecule has 0 aliphatic carbocycles. The molecule has 0 radical (unpaired) electrons. The van der Waals surface area contributed by atoms with E-state index >= 15 is 0 Å². The van der Waals surface area contributed by atoms with Crippen molar-refractivity contribution in [2.24, 2.45) is 14.1 Å². The highest BCUT2D eigenvalue weighted by molar-refractivity contribution is 6.30. The predicted octanol–water partition coefficient (Wildman–Crippen LogP) is 18.0. The summed E-state index contributed by atoms with van der Waals surface area (Å²) in [5.74, 6) is 0. The van der Waals surface area contributed by atoms with E-state index in [2.05, 4.69) is 251 Å². The highest BCUT2D eigenvalue weighted by atomic mass is 16.3. The SMILES string of the molecule is Cn1c2ccccc2c2cc(N(c3ccccc3)c3ccc4c(ccc5c4oc4ccc6oc7c8ccc(N(c9ccccc9)c9ccc%10c(c9)c9ccccc9n%10C)cc8ccc7c6c45)c3)ccc21. The molecule has 11 aromatic carbocycles. The molecule has 0 spiro atoms. The van der Waals surface area contributed by atoms with E-state index in [9.17, 15) is 0 Å². The summed E-state index contributed by atoms with van der Waals surface area (Å²) in [6.07, 6.45) is 0. The molecule has 0 aliphatic heterocycles. The molecule has 330 valence electrons. The van der Waals surface area contributed by atoms with Gasteiger partial charge in [0.1, 0.15) is 22.3 Å². The molecular formula is C64H42N4O2. The lowest BCUT2D eigenvalue weighted by Gasteiger charge is -2.26. The van der Waals surface area contributed by atoms with Gasteiger partial charge in [-0.05, 0) is 144 Å². The monoisotopic (exact) mass is 898 g/mol. The van der Waals surface area contributed by atoms with Crippen LogP contribution in [0.4, 0.5) is 34.1 Å². The molecule has 70 heavy (non-hydrogen) atoms. The van der Waals surface area contributed by atoms with Gasteiger partial charge in [-0.3, -0.25) is 0 Å². The van der Waals surface area contributed by atoms with E-state index in [1.54, 1.807) is 0 Å². The van der Waals surface area contributed by atoms with E-state index in [-0.39, 0.29) is 0 Å². The zero-order chi connectivity index (χ0) is 46.2. The Kier molecular flexibility index (Phi) is 8.10. The van der Waals surface area contributed by atoms with Crippen LogP contribution >= 0.6 is 0 Å². The maximum Gasteiger partial charge on any atom is 0.143 e. The maximum atomic E-state index is 6.85. The summed E-state index contributed by atoms with van der Waals surface area (Å²) in [6, 6.07) is 78.6. The summed E-state index contributed by atoms with van der Waals surface area (Å²) in [5.41, 5.74) is 14.8. The number of fused-ring (bicyclic) bond motifs is 17. The first-order valence-corrected chi connectivity index (χ1v) is 23.9. The molecule has 0 bridgehead atoms. The quantitative estimate of drug-likeness (QED) is 0.167. The molecule has 0 aliphatic rings. The highest BCUT2D eigenvalue weighted by Gasteiger charge is 2.22. The second kappa shape index (κ2) is 14.6. The third-order valence-corrected chi connectivity index (χ3v) is 14.9. The maximum absolute atomic E-state index is 6.85. The number of anilines is 6. The highest BCUT2D eigenvalue weighted by Crippen LogP contribution is 2.46. The second-order valence-electron chi connectivity index (χ2n) is 18.6. The fourth-order valence-electron chi connectivity index (χ4n) is 11.6. The summed E-state index contributed by atoms with van der Waals surface area (Å²) in [5, 5.41) is 13.6. The van der Waals surface area contributed by atoms with Gasteiger partial charge in [0.2, 0.25) is 0 Å². The van der Waals surface area contributed by atoms with Crippen LogP contribution in [-0.4, -0.2) is 9.13 Å². The van der Waals surface area contributed by atoms with Crippen LogP contribution < -0.4 is 9.80 Å². The van der Waals surface area contributed by atoms with Gasteiger partial charge in [-0.1, -0.05) is 84.9 Å². The van der Waals surface area contributed by atoms with Crippen LogP contribution in [0.15, 0.2) is 227 Å². The van der Waals surface area contributed by atoms with Crippen molar-refractivity contribution in [2.75, 3.05) is 9.80 Å². The molecule has 15 aromatic rings. The Labute approximate surface area is 401 Å². The van der Waals surface area contributed by atoms with E-state index in [0.29, 0.717) is 0 Å². The molecule has 0 saturated heterocycles. The fourth-order valence-corrected chi connectivity index (χ4v) is 11.6. The number of nitrogens with zero attached hydrogens (tertiary/aromatic N) is 4. The number of aromatic nitrogens is 2. The number of benzene rings is 11. The number of rotatable bonds is 6. The first kappa shape index (κ1) is 38.8. The Morgan fingerprint density at radius 1 is 0.286 bits per heavy atom. The summed E-state index contributed by atoms with van der Waals surface area (Å²) in [7, 11) is 4.29. The number of hydrogen-bond donors (Lipinski definition) is 0. The largest absolute Gasteiger partial charge is 0.455 e. The van der Waals surface area contributed by atoms with Gasteiger partial charge in [-0.25, -0.2) is 0 Å². The number of hydrogen-bond acceptors (Lipinski definition) is 4. The van der Waals surface area contributed by atoms with Crippen molar-refractivity contribution in [1.82, 2.24) is 9.13 Å². The zero-order valence-corrected chi connectivity index (χ0v) is 38.4.